The maximum Gasteiger partial charge on any atom is 0.417 e. The molecule has 3 aromatic rings. The van der Waals surface area contributed by atoms with Gasteiger partial charge < -0.3 is 9.64 Å². The fraction of sp³-hybridized carbons (Fsp3) is 0.333. The fourth-order valence-electron chi connectivity index (χ4n) is 5.08. The normalized spacial score (nSPS) is 16.5. The van der Waals surface area contributed by atoms with Crippen LogP contribution in [0.15, 0.2) is 65.6 Å². The van der Waals surface area contributed by atoms with Crippen molar-refractivity contribution in [3.8, 4) is 0 Å². The Labute approximate surface area is 256 Å². The molecule has 0 atom stereocenters. The molecule has 0 aromatic heterocycles. The van der Waals surface area contributed by atoms with Gasteiger partial charge in [-0.3, -0.25) is 9.21 Å². The lowest BCUT2D eigenvalue weighted by atomic mass is 10.0. The third kappa shape index (κ3) is 6.70. The molecule has 1 fully saturated rings. The van der Waals surface area contributed by atoms with Gasteiger partial charge in [-0.2, -0.15) is 26.3 Å². The first-order chi connectivity index (χ1) is 20.7. The molecule has 0 amide bonds. The van der Waals surface area contributed by atoms with E-state index in [9.17, 15) is 34.8 Å². The maximum absolute atomic E-state index is 13.8. The number of rotatable bonds is 8. The number of alkyl halides is 6. The highest BCUT2D eigenvalue weighted by atomic mass is 35.5. The van der Waals surface area contributed by atoms with Gasteiger partial charge in [0, 0.05) is 30.2 Å². The summed E-state index contributed by atoms with van der Waals surface area (Å²) in [5.74, 6) is 0. The predicted molar refractivity (Wildman–Crippen MR) is 157 cm³/mol. The Kier molecular flexibility index (Phi) is 8.96. The molecule has 1 saturated heterocycles. The first kappa shape index (κ1) is 32.1. The minimum Gasteiger partial charge on any atom is -0.378 e. The van der Waals surface area contributed by atoms with E-state index in [1.54, 1.807) is 12.1 Å². The maximum atomic E-state index is 13.8. The second-order valence-corrected chi connectivity index (χ2v) is 12.8. The predicted octanol–water partition coefficient (Wildman–Crippen LogP) is 6.89. The summed E-state index contributed by atoms with van der Waals surface area (Å²) in [4.78, 5) is 3.59. The minimum atomic E-state index is -4.74. The van der Waals surface area contributed by atoms with Crippen LogP contribution in [0.3, 0.4) is 0 Å². The second-order valence-electron chi connectivity index (χ2n) is 10.5. The van der Waals surface area contributed by atoms with Crippen LogP contribution in [-0.4, -0.2) is 65.8 Å². The Morgan fingerprint density at radius 2 is 1.66 bits per heavy atom. The summed E-state index contributed by atoms with van der Waals surface area (Å²) in [6.45, 7) is 2.62. The van der Waals surface area contributed by atoms with Gasteiger partial charge >= 0.3 is 12.4 Å². The molecule has 2 heterocycles. The number of anilines is 2. The van der Waals surface area contributed by atoms with Crippen molar-refractivity contribution in [2.24, 2.45) is 0 Å². The smallest absolute Gasteiger partial charge is 0.378 e. The highest BCUT2D eigenvalue weighted by Crippen LogP contribution is 2.40. The third-order valence-electron chi connectivity index (χ3n) is 7.70. The summed E-state index contributed by atoms with van der Waals surface area (Å²) in [6.07, 6.45) is -6.81. The average molecular weight is 660 g/mol. The summed E-state index contributed by atoms with van der Waals surface area (Å²) in [7, 11) is -2.49. The summed E-state index contributed by atoms with van der Waals surface area (Å²) in [5, 5.41) is -0.116. The molecule has 236 valence electrons. The number of sulfonamides is 1. The zero-order valence-electron chi connectivity index (χ0n) is 23.4. The summed E-state index contributed by atoms with van der Waals surface area (Å²) in [5.41, 5.74) is -1.20. The molecule has 0 spiro atoms. The lowest BCUT2D eigenvalue weighted by Gasteiger charge is -2.40. The topological polar surface area (TPSA) is 53.1 Å². The quantitative estimate of drug-likeness (QED) is 0.195. The van der Waals surface area contributed by atoms with Gasteiger partial charge in [-0.1, -0.05) is 42.0 Å². The largest absolute Gasteiger partial charge is 0.417 e. The zero-order chi connectivity index (χ0) is 31.9. The third-order valence-corrected chi connectivity index (χ3v) is 9.84. The van der Waals surface area contributed by atoms with Crippen LogP contribution in [0.1, 0.15) is 22.3 Å². The number of halogens is 7. The average Bonchev–Trinajstić information content (AvgIpc) is 2.93. The van der Waals surface area contributed by atoms with Gasteiger partial charge in [0.15, 0.2) is 0 Å². The van der Waals surface area contributed by atoms with Crippen LogP contribution >= 0.6 is 11.6 Å². The van der Waals surface area contributed by atoms with Crippen molar-refractivity contribution >= 4 is 45.2 Å². The van der Waals surface area contributed by atoms with Crippen molar-refractivity contribution in [2.45, 2.75) is 23.3 Å². The molecular weight excluding hydrogens is 632 g/mol. The highest BCUT2D eigenvalue weighted by Gasteiger charge is 2.36. The summed E-state index contributed by atoms with van der Waals surface area (Å²) >= 11 is 6.09. The van der Waals surface area contributed by atoms with Crippen LogP contribution in [0.2, 0.25) is 5.02 Å². The molecule has 14 heteroatoms. The lowest BCUT2D eigenvalue weighted by molar-refractivity contribution is -0.138. The SMILES string of the molecule is CN(CCN1CCN(S(=O)(=O)c2cccc(C(F)(F)F)c2)c2cc(/C=C/c3c(Cl)cccc3C(F)(F)F)ccc21)C1COC1. The van der Waals surface area contributed by atoms with Crippen LogP contribution in [0.25, 0.3) is 12.2 Å². The van der Waals surface area contributed by atoms with Crippen molar-refractivity contribution in [1.29, 1.82) is 0 Å². The van der Waals surface area contributed by atoms with Crippen LogP contribution < -0.4 is 9.21 Å². The van der Waals surface area contributed by atoms with Gasteiger partial charge in [0.2, 0.25) is 0 Å². The summed E-state index contributed by atoms with van der Waals surface area (Å²) < 4.78 is 115. The minimum absolute atomic E-state index is 0.0578. The van der Waals surface area contributed by atoms with Gasteiger partial charge in [0.05, 0.1) is 53.2 Å². The van der Waals surface area contributed by atoms with Gasteiger partial charge in [-0.25, -0.2) is 8.42 Å². The molecule has 6 nitrogen and oxygen atoms in total. The number of likely N-dealkylation sites (N-methyl/N-ethyl adjacent to an activating group) is 1. The first-order valence-corrected chi connectivity index (χ1v) is 15.4. The Balaban J connectivity index is 1.53. The molecule has 0 radical (unpaired) electrons. The van der Waals surface area contributed by atoms with Crippen molar-refractivity contribution in [3.05, 3.63) is 87.9 Å². The van der Waals surface area contributed by atoms with Gasteiger partial charge in [-0.05, 0) is 55.1 Å². The fourth-order valence-corrected chi connectivity index (χ4v) is 6.82. The standard InChI is InChI=1S/C30H28ClF6N3O3S/c1-38(22-18-43-19-22)12-13-39-14-15-40(44(41,42)23-5-2-4-21(17-23)29(32,33)34)28-16-20(9-11-27(28)39)8-10-24-25(30(35,36)37)6-3-7-26(24)31/h2-11,16-17,22H,12-15,18-19H2,1H3/b10-8+. The lowest BCUT2D eigenvalue weighted by Crippen LogP contribution is -2.51. The highest BCUT2D eigenvalue weighted by molar-refractivity contribution is 7.92. The van der Waals surface area contributed by atoms with Crippen LogP contribution in [0.4, 0.5) is 37.7 Å². The van der Waals surface area contributed by atoms with E-state index in [-0.39, 0.29) is 35.4 Å². The molecule has 3 aromatic carbocycles. The van der Waals surface area contributed by atoms with E-state index in [2.05, 4.69) is 4.90 Å². The number of nitrogens with zero attached hydrogens (tertiary/aromatic N) is 3. The van der Waals surface area contributed by atoms with E-state index >= 15 is 0 Å². The Bertz CT molecular complexity index is 1660. The monoisotopic (exact) mass is 659 g/mol. The van der Waals surface area contributed by atoms with Crippen molar-refractivity contribution < 1.29 is 39.5 Å². The van der Waals surface area contributed by atoms with Gasteiger partial charge in [0.25, 0.3) is 10.0 Å². The van der Waals surface area contributed by atoms with Gasteiger partial charge in [-0.15, -0.1) is 0 Å². The van der Waals surface area contributed by atoms with E-state index in [0.29, 0.717) is 43.6 Å². The molecule has 0 N–H and O–H groups in total. The summed E-state index contributed by atoms with van der Waals surface area (Å²) in [6, 6.07) is 12.0. The first-order valence-electron chi connectivity index (χ1n) is 13.6. The Hall–Kier alpha value is -3.26. The molecule has 44 heavy (non-hydrogen) atoms. The van der Waals surface area contributed by atoms with E-state index < -0.39 is 38.4 Å². The number of hydrogen-bond donors (Lipinski definition) is 0. The molecule has 0 unspecified atom stereocenters. The molecule has 0 bridgehead atoms. The van der Waals surface area contributed by atoms with E-state index in [0.717, 1.165) is 28.6 Å². The van der Waals surface area contributed by atoms with Crippen LogP contribution in [0.5, 0.6) is 0 Å². The van der Waals surface area contributed by atoms with Crippen molar-refractivity contribution in [2.75, 3.05) is 55.6 Å². The molecule has 2 aliphatic heterocycles. The molecule has 2 aliphatic rings. The zero-order valence-corrected chi connectivity index (χ0v) is 24.9. The van der Waals surface area contributed by atoms with Crippen LogP contribution in [0, 0.1) is 0 Å². The van der Waals surface area contributed by atoms with E-state index in [1.807, 2.05) is 11.9 Å². The molecule has 0 aliphatic carbocycles. The van der Waals surface area contributed by atoms with Crippen molar-refractivity contribution in [1.82, 2.24) is 4.90 Å². The van der Waals surface area contributed by atoms with Crippen LogP contribution in [-0.2, 0) is 27.1 Å². The number of ether oxygens (including phenoxy) is 1. The van der Waals surface area contributed by atoms with Crippen molar-refractivity contribution in [3.63, 3.8) is 0 Å². The van der Waals surface area contributed by atoms with E-state index in [4.69, 9.17) is 16.3 Å². The second kappa shape index (κ2) is 12.3. The molecule has 5 rings (SSSR count). The van der Waals surface area contributed by atoms with Gasteiger partial charge in [0.1, 0.15) is 0 Å². The molecular formula is C30H28ClF6N3O3S. The Morgan fingerprint density at radius 3 is 2.32 bits per heavy atom. The number of fused-ring (bicyclic) bond motifs is 1. The number of benzene rings is 3. The van der Waals surface area contributed by atoms with E-state index in [1.165, 1.54) is 30.4 Å². The Morgan fingerprint density at radius 1 is 0.932 bits per heavy atom. The number of hydrogen-bond acceptors (Lipinski definition) is 5. The molecule has 0 saturated carbocycles.